The summed E-state index contributed by atoms with van der Waals surface area (Å²) in [6.45, 7) is 1.65. The second-order valence-electron chi connectivity index (χ2n) is 6.48. The maximum absolute atomic E-state index is 13.0. The largest absolute Gasteiger partial charge is 0.416 e. The lowest BCUT2D eigenvalue weighted by molar-refractivity contribution is -0.384. The van der Waals surface area contributed by atoms with Crippen molar-refractivity contribution in [1.29, 1.82) is 0 Å². The summed E-state index contributed by atoms with van der Waals surface area (Å²) in [5.41, 5.74) is 6.39. The molecule has 9 heteroatoms. The van der Waals surface area contributed by atoms with Crippen molar-refractivity contribution >= 4 is 11.6 Å². The molecular formula is C20H16F3N3O3. The van der Waals surface area contributed by atoms with Crippen molar-refractivity contribution in [3.05, 3.63) is 87.1 Å². The number of nitro benzene ring substituents is 1. The van der Waals surface area contributed by atoms with Crippen LogP contribution in [0.15, 0.2) is 54.6 Å². The van der Waals surface area contributed by atoms with Crippen LogP contribution in [-0.2, 0) is 12.7 Å². The summed E-state index contributed by atoms with van der Waals surface area (Å²) in [7, 11) is 0. The topological polar surface area (TPSA) is 91.2 Å². The molecule has 29 heavy (non-hydrogen) atoms. The van der Waals surface area contributed by atoms with Gasteiger partial charge in [0, 0.05) is 35.6 Å². The number of nitrogens with two attached hydrogens (primary N) is 1. The van der Waals surface area contributed by atoms with Gasteiger partial charge in [-0.15, -0.1) is 0 Å². The predicted octanol–water partition coefficient (Wildman–Crippen LogP) is 4.54. The first-order valence-electron chi connectivity index (χ1n) is 8.49. The quantitative estimate of drug-likeness (QED) is 0.501. The first kappa shape index (κ1) is 20.1. The normalized spacial score (nSPS) is 11.4. The predicted molar refractivity (Wildman–Crippen MR) is 100 cm³/mol. The Labute approximate surface area is 163 Å². The molecule has 0 aliphatic heterocycles. The Morgan fingerprint density at radius 3 is 2.45 bits per heavy atom. The molecule has 0 spiro atoms. The maximum atomic E-state index is 13.0. The first-order valence-corrected chi connectivity index (χ1v) is 8.49. The molecule has 0 saturated heterocycles. The zero-order valence-corrected chi connectivity index (χ0v) is 15.2. The molecule has 0 aliphatic carbocycles. The van der Waals surface area contributed by atoms with Crippen LogP contribution >= 0.6 is 0 Å². The number of rotatable bonds is 5. The van der Waals surface area contributed by atoms with Crippen molar-refractivity contribution in [3.8, 4) is 11.3 Å². The highest BCUT2D eigenvalue weighted by atomic mass is 19.4. The van der Waals surface area contributed by atoms with E-state index in [0.29, 0.717) is 22.5 Å². The number of non-ortho nitro benzene ring substituents is 1. The molecule has 6 nitrogen and oxygen atoms in total. The summed E-state index contributed by atoms with van der Waals surface area (Å²) < 4.78 is 40.7. The number of primary amides is 1. The number of carbonyl (C=O) groups excluding carboxylic acids is 1. The zero-order chi connectivity index (χ0) is 21.3. The number of hydrogen-bond acceptors (Lipinski definition) is 3. The van der Waals surface area contributed by atoms with Crippen molar-refractivity contribution in [2.24, 2.45) is 5.73 Å². The van der Waals surface area contributed by atoms with E-state index < -0.39 is 22.6 Å². The van der Waals surface area contributed by atoms with Crippen LogP contribution in [-0.4, -0.2) is 15.4 Å². The van der Waals surface area contributed by atoms with Crippen LogP contribution in [0.1, 0.15) is 27.2 Å². The summed E-state index contributed by atoms with van der Waals surface area (Å²) in [5.74, 6) is -0.697. The van der Waals surface area contributed by atoms with E-state index >= 15 is 0 Å². The summed E-state index contributed by atoms with van der Waals surface area (Å²) >= 11 is 0. The summed E-state index contributed by atoms with van der Waals surface area (Å²) in [6, 6.07) is 12.1. The standard InChI is InChI=1S/C20H16F3N3O3/c1-12-17(19(24)27)10-18(14-5-3-7-16(9-14)26(28)29)25(12)11-13-4-2-6-15(8-13)20(21,22)23/h2-10H,11H2,1H3,(H2,24,27). The minimum Gasteiger partial charge on any atom is -0.366 e. The number of aromatic nitrogens is 1. The van der Waals surface area contributed by atoms with Crippen LogP contribution in [0, 0.1) is 17.0 Å². The number of halogens is 3. The second kappa shape index (κ2) is 7.42. The molecule has 1 aromatic heterocycles. The number of carbonyl (C=O) groups is 1. The van der Waals surface area contributed by atoms with Crippen LogP contribution in [0.25, 0.3) is 11.3 Å². The Bertz CT molecular complexity index is 1100. The van der Waals surface area contributed by atoms with E-state index in [-0.39, 0.29) is 17.8 Å². The van der Waals surface area contributed by atoms with Gasteiger partial charge in [-0.2, -0.15) is 13.2 Å². The number of benzene rings is 2. The van der Waals surface area contributed by atoms with Crippen molar-refractivity contribution < 1.29 is 22.9 Å². The Morgan fingerprint density at radius 2 is 1.83 bits per heavy atom. The number of nitro groups is 1. The average molecular weight is 403 g/mol. The van der Waals surface area contributed by atoms with Gasteiger partial charge in [0.2, 0.25) is 0 Å². The van der Waals surface area contributed by atoms with E-state index in [0.717, 1.165) is 12.1 Å². The van der Waals surface area contributed by atoms with Gasteiger partial charge in [-0.25, -0.2) is 0 Å². The molecule has 3 aromatic rings. The SMILES string of the molecule is Cc1c(C(N)=O)cc(-c2cccc([N+](=O)[O-])c2)n1Cc1cccc(C(F)(F)F)c1. The number of nitrogens with zero attached hydrogens (tertiary/aromatic N) is 2. The number of amides is 1. The number of alkyl halides is 3. The molecule has 1 heterocycles. The Morgan fingerprint density at radius 1 is 1.14 bits per heavy atom. The summed E-state index contributed by atoms with van der Waals surface area (Å²) in [5, 5.41) is 11.1. The molecule has 0 saturated carbocycles. The third kappa shape index (κ3) is 4.13. The van der Waals surface area contributed by atoms with Gasteiger partial charge < -0.3 is 10.3 Å². The van der Waals surface area contributed by atoms with E-state index in [4.69, 9.17) is 5.73 Å². The lowest BCUT2D eigenvalue weighted by Gasteiger charge is -2.14. The van der Waals surface area contributed by atoms with Crippen molar-refractivity contribution in [3.63, 3.8) is 0 Å². The fourth-order valence-electron chi connectivity index (χ4n) is 3.14. The lowest BCUT2D eigenvalue weighted by Crippen LogP contribution is -2.13. The molecule has 2 aromatic carbocycles. The Kier molecular flexibility index (Phi) is 5.15. The average Bonchev–Trinajstić information content (AvgIpc) is 2.98. The molecule has 3 rings (SSSR count). The fraction of sp³-hybridized carbons (Fsp3) is 0.150. The minimum absolute atomic E-state index is 0.0288. The highest BCUT2D eigenvalue weighted by Gasteiger charge is 2.30. The van der Waals surface area contributed by atoms with E-state index in [9.17, 15) is 28.1 Å². The van der Waals surface area contributed by atoms with Gasteiger partial charge in [0.15, 0.2) is 0 Å². The molecule has 150 valence electrons. The van der Waals surface area contributed by atoms with E-state index in [1.807, 2.05) is 0 Å². The van der Waals surface area contributed by atoms with Crippen LogP contribution in [0.5, 0.6) is 0 Å². The monoisotopic (exact) mass is 403 g/mol. The minimum atomic E-state index is -4.48. The van der Waals surface area contributed by atoms with E-state index in [1.165, 1.54) is 36.4 Å². The van der Waals surface area contributed by atoms with Crippen LogP contribution in [0.4, 0.5) is 18.9 Å². The highest BCUT2D eigenvalue weighted by molar-refractivity contribution is 5.95. The van der Waals surface area contributed by atoms with Crippen LogP contribution < -0.4 is 5.73 Å². The first-order chi connectivity index (χ1) is 13.6. The van der Waals surface area contributed by atoms with E-state index in [1.54, 1.807) is 17.6 Å². The van der Waals surface area contributed by atoms with E-state index in [2.05, 4.69) is 0 Å². The summed E-state index contributed by atoms with van der Waals surface area (Å²) in [4.78, 5) is 22.3. The second-order valence-corrected chi connectivity index (χ2v) is 6.48. The number of hydrogen-bond donors (Lipinski definition) is 1. The van der Waals surface area contributed by atoms with Gasteiger partial charge in [-0.05, 0) is 30.7 Å². The van der Waals surface area contributed by atoms with Gasteiger partial charge in [-0.3, -0.25) is 14.9 Å². The fourth-order valence-corrected chi connectivity index (χ4v) is 3.14. The van der Waals surface area contributed by atoms with Gasteiger partial charge in [0.25, 0.3) is 11.6 Å². The Balaban J connectivity index is 2.13. The summed E-state index contributed by atoms with van der Waals surface area (Å²) in [6.07, 6.45) is -4.48. The molecule has 0 atom stereocenters. The van der Waals surface area contributed by atoms with Crippen LogP contribution in [0.2, 0.25) is 0 Å². The van der Waals surface area contributed by atoms with Crippen molar-refractivity contribution in [1.82, 2.24) is 4.57 Å². The molecule has 0 fully saturated rings. The third-order valence-corrected chi connectivity index (χ3v) is 4.58. The molecule has 0 bridgehead atoms. The molecule has 2 N–H and O–H groups in total. The molecular weight excluding hydrogens is 387 g/mol. The van der Waals surface area contributed by atoms with Crippen molar-refractivity contribution in [2.75, 3.05) is 0 Å². The smallest absolute Gasteiger partial charge is 0.366 e. The third-order valence-electron chi connectivity index (χ3n) is 4.58. The van der Waals surface area contributed by atoms with Crippen molar-refractivity contribution in [2.45, 2.75) is 19.6 Å². The maximum Gasteiger partial charge on any atom is 0.416 e. The van der Waals surface area contributed by atoms with Crippen LogP contribution in [0.3, 0.4) is 0 Å². The zero-order valence-electron chi connectivity index (χ0n) is 15.2. The van der Waals surface area contributed by atoms with Gasteiger partial charge in [0.05, 0.1) is 16.1 Å². The Hall–Kier alpha value is -3.62. The highest BCUT2D eigenvalue weighted by Crippen LogP contribution is 2.32. The lowest BCUT2D eigenvalue weighted by atomic mass is 10.1. The van der Waals surface area contributed by atoms with Gasteiger partial charge >= 0.3 is 6.18 Å². The molecule has 0 radical (unpaired) electrons. The van der Waals surface area contributed by atoms with Gasteiger partial charge in [-0.1, -0.05) is 24.3 Å². The molecule has 0 unspecified atom stereocenters. The molecule has 0 aliphatic rings. The molecule has 1 amide bonds. The van der Waals surface area contributed by atoms with Gasteiger partial charge in [0.1, 0.15) is 0 Å².